The second-order valence-corrected chi connectivity index (χ2v) is 10.6. The van der Waals surface area contributed by atoms with Crippen LogP contribution in [0.3, 0.4) is 0 Å². The molecule has 152 valence electrons. The van der Waals surface area contributed by atoms with Crippen LogP contribution in [0.1, 0.15) is 27.2 Å². The Morgan fingerprint density at radius 3 is 2.00 bits per heavy atom. The van der Waals surface area contributed by atoms with Crippen LogP contribution in [0.4, 0.5) is 4.39 Å². The van der Waals surface area contributed by atoms with Gasteiger partial charge in [-0.1, -0.05) is 60.7 Å². The maximum Gasteiger partial charge on any atom is 0.407 e. The lowest BCUT2D eigenvalue weighted by atomic mass is 10.2. The van der Waals surface area contributed by atoms with Crippen LogP contribution in [0.2, 0.25) is 0 Å². The molecule has 2 rings (SSSR count). The summed E-state index contributed by atoms with van der Waals surface area (Å²) in [6.07, 6.45) is 0.0320. The number of alkyl halides is 1. The van der Waals surface area contributed by atoms with Gasteiger partial charge >= 0.3 is 8.56 Å². The van der Waals surface area contributed by atoms with Crippen LogP contribution < -0.4 is 10.4 Å². The molecule has 28 heavy (non-hydrogen) atoms. The minimum Gasteiger partial charge on any atom is -0.388 e. The van der Waals surface area contributed by atoms with Crippen molar-refractivity contribution in [2.45, 2.75) is 38.9 Å². The van der Waals surface area contributed by atoms with E-state index in [0.29, 0.717) is 0 Å². The molecule has 1 atom stereocenters. The van der Waals surface area contributed by atoms with E-state index in [0.717, 1.165) is 16.4 Å². The molecule has 0 aliphatic heterocycles. The van der Waals surface area contributed by atoms with E-state index < -0.39 is 26.1 Å². The fourth-order valence-electron chi connectivity index (χ4n) is 2.89. The van der Waals surface area contributed by atoms with E-state index in [1.165, 1.54) is 0 Å². The fourth-order valence-corrected chi connectivity index (χ4v) is 6.53. The van der Waals surface area contributed by atoms with Gasteiger partial charge in [0.05, 0.1) is 5.60 Å². The van der Waals surface area contributed by atoms with Gasteiger partial charge in [-0.3, -0.25) is 0 Å². The van der Waals surface area contributed by atoms with Gasteiger partial charge in [0.2, 0.25) is 0 Å². The molecule has 0 saturated carbocycles. The molecule has 0 aliphatic rings. The summed E-state index contributed by atoms with van der Waals surface area (Å²) in [6, 6.07) is 19.7. The SMILES string of the molecule is CC(C)(C)O[Si](OCC[C@@H](O)/C(F)=C/CCl)(c1ccccc1)c1ccccc1. The second-order valence-electron chi connectivity index (χ2n) is 7.46. The number of allylic oxidation sites excluding steroid dienone is 1. The summed E-state index contributed by atoms with van der Waals surface area (Å²) >= 11 is 5.51. The van der Waals surface area contributed by atoms with E-state index in [1.807, 2.05) is 81.4 Å². The largest absolute Gasteiger partial charge is 0.407 e. The van der Waals surface area contributed by atoms with Gasteiger partial charge in [0.1, 0.15) is 11.9 Å². The molecule has 2 aromatic rings. The van der Waals surface area contributed by atoms with Crippen molar-refractivity contribution >= 4 is 30.5 Å². The van der Waals surface area contributed by atoms with Crippen LogP contribution in [0.5, 0.6) is 0 Å². The molecule has 0 bridgehead atoms. The molecule has 3 nitrogen and oxygen atoms in total. The molecule has 0 fully saturated rings. The smallest absolute Gasteiger partial charge is 0.388 e. The highest BCUT2D eigenvalue weighted by atomic mass is 35.5. The lowest BCUT2D eigenvalue weighted by Gasteiger charge is -2.37. The van der Waals surface area contributed by atoms with Crippen molar-refractivity contribution in [3.05, 3.63) is 72.6 Å². The third kappa shape index (κ3) is 6.26. The lowest BCUT2D eigenvalue weighted by Crippen LogP contribution is -2.66. The first-order chi connectivity index (χ1) is 13.3. The van der Waals surface area contributed by atoms with E-state index in [-0.39, 0.29) is 18.9 Å². The number of hydrogen-bond acceptors (Lipinski definition) is 3. The van der Waals surface area contributed by atoms with Gasteiger partial charge in [-0.2, -0.15) is 0 Å². The number of benzene rings is 2. The van der Waals surface area contributed by atoms with E-state index >= 15 is 0 Å². The third-order valence-electron chi connectivity index (χ3n) is 4.04. The van der Waals surface area contributed by atoms with Gasteiger partial charge in [0.25, 0.3) is 0 Å². The van der Waals surface area contributed by atoms with Crippen LogP contribution in [-0.4, -0.2) is 37.9 Å². The number of aliphatic hydroxyl groups excluding tert-OH is 1. The van der Waals surface area contributed by atoms with E-state index in [2.05, 4.69) is 0 Å². The fraction of sp³-hybridized carbons (Fsp3) is 0.364. The minimum absolute atomic E-state index is 0.0175. The Hall–Kier alpha value is -1.50. The molecule has 0 unspecified atom stereocenters. The topological polar surface area (TPSA) is 38.7 Å². The van der Waals surface area contributed by atoms with Gasteiger partial charge in [0, 0.05) is 18.9 Å². The number of hydrogen-bond donors (Lipinski definition) is 1. The van der Waals surface area contributed by atoms with Gasteiger partial charge in [-0.25, -0.2) is 4.39 Å². The molecule has 1 N–H and O–H groups in total. The molecule has 0 amide bonds. The van der Waals surface area contributed by atoms with E-state index in [1.54, 1.807) is 0 Å². The van der Waals surface area contributed by atoms with Crippen LogP contribution in [0.15, 0.2) is 72.6 Å². The summed E-state index contributed by atoms with van der Waals surface area (Å²) in [5, 5.41) is 11.9. The Balaban J connectivity index is 2.38. The summed E-state index contributed by atoms with van der Waals surface area (Å²) < 4.78 is 26.8. The van der Waals surface area contributed by atoms with Crippen molar-refractivity contribution in [2.75, 3.05) is 12.5 Å². The standard InChI is InChI=1S/C22H28ClFO3Si/c1-22(2,3)27-28(18-10-6-4-7-11-18,19-12-8-5-9-13-19)26-17-15-21(25)20(24)14-16-23/h4-14,21,25H,15-17H2,1-3H3/b20-14-/t21-/m1/s1. The number of aliphatic hydroxyl groups is 1. The number of rotatable bonds is 9. The maximum atomic E-state index is 13.8. The van der Waals surface area contributed by atoms with Crippen molar-refractivity contribution in [2.24, 2.45) is 0 Å². The molecule has 6 heteroatoms. The maximum absolute atomic E-state index is 13.8. The average molecular weight is 423 g/mol. The van der Waals surface area contributed by atoms with Crippen molar-refractivity contribution in [1.82, 2.24) is 0 Å². The van der Waals surface area contributed by atoms with Gasteiger partial charge in [-0.15, -0.1) is 11.6 Å². The second kappa shape index (κ2) is 10.3. The van der Waals surface area contributed by atoms with E-state index in [4.69, 9.17) is 20.5 Å². The predicted octanol–water partition coefficient (Wildman–Crippen LogP) is 3.92. The van der Waals surface area contributed by atoms with Gasteiger partial charge < -0.3 is 14.0 Å². The molecule has 0 radical (unpaired) electrons. The molecule has 0 aromatic heterocycles. The Kier molecular flexibility index (Phi) is 8.40. The number of halogens is 2. The van der Waals surface area contributed by atoms with Crippen molar-refractivity contribution in [3.8, 4) is 0 Å². The van der Waals surface area contributed by atoms with Crippen LogP contribution in [0, 0.1) is 0 Å². The summed E-state index contributed by atoms with van der Waals surface area (Å²) in [5.41, 5.74) is -0.458. The summed E-state index contributed by atoms with van der Waals surface area (Å²) in [5.74, 6) is -0.620. The Morgan fingerprint density at radius 2 is 1.57 bits per heavy atom. The van der Waals surface area contributed by atoms with Crippen molar-refractivity contribution in [3.63, 3.8) is 0 Å². The average Bonchev–Trinajstić information content (AvgIpc) is 2.67. The molecular formula is C22H28ClFO3Si. The Morgan fingerprint density at radius 1 is 1.07 bits per heavy atom. The Bertz CT molecular complexity index is 708. The molecular weight excluding hydrogens is 395 g/mol. The monoisotopic (exact) mass is 422 g/mol. The highest BCUT2D eigenvalue weighted by Crippen LogP contribution is 2.20. The van der Waals surface area contributed by atoms with Crippen LogP contribution in [0.25, 0.3) is 0 Å². The molecule has 0 aliphatic carbocycles. The quantitative estimate of drug-likeness (QED) is 0.491. The third-order valence-corrected chi connectivity index (χ3v) is 7.90. The van der Waals surface area contributed by atoms with E-state index in [9.17, 15) is 9.50 Å². The first-order valence-corrected chi connectivity index (χ1v) is 11.7. The van der Waals surface area contributed by atoms with Crippen LogP contribution in [-0.2, 0) is 8.85 Å². The molecule has 0 spiro atoms. The highest BCUT2D eigenvalue weighted by molar-refractivity contribution is 6.92. The predicted molar refractivity (Wildman–Crippen MR) is 115 cm³/mol. The van der Waals surface area contributed by atoms with Crippen molar-refractivity contribution < 1.29 is 18.3 Å². The summed E-state index contributed by atoms with van der Waals surface area (Å²) in [6.45, 7) is 6.11. The van der Waals surface area contributed by atoms with Crippen molar-refractivity contribution in [1.29, 1.82) is 0 Å². The van der Waals surface area contributed by atoms with Crippen LogP contribution >= 0.6 is 11.6 Å². The first-order valence-electron chi connectivity index (χ1n) is 9.33. The van der Waals surface area contributed by atoms with Gasteiger partial charge in [0.15, 0.2) is 0 Å². The molecule has 0 heterocycles. The summed E-state index contributed by atoms with van der Waals surface area (Å²) in [7, 11) is -3.08. The summed E-state index contributed by atoms with van der Waals surface area (Å²) in [4.78, 5) is 0. The van der Waals surface area contributed by atoms with Gasteiger partial charge in [-0.05, 0) is 37.2 Å². The zero-order valence-corrected chi connectivity index (χ0v) is 18.3. The Labute approximate surface area is 173 Å². The molecule has 2 aromatic carbocycles. The normalized spacial score (nSPS) is 14.1. The first kappa shape index (κ1) is 22.8. The zero-order chi connectivity index (χ0) is 20.6. The lowest BCUT2D eigenvalue weighted by molar-refractivity contribution is 0.0689. The molecule has 0 saturated heterocycles. The minimum atomic E-state index is -3.08. The zero-order valence-electron chi connectivity index (χ0n) is 16.6. The highest BCUT2D eigenvalue weighted by Gasteiger charge is 2.45.